The second kappa shape index (κ2) is 14.0. The highest BCUT2D eigenvalue weighted by atomic mass is 35.5. The van der Waals surface area contributed by atoms with Gasteiger partial charge < -0.3 is 10.2 Å². The Morgan fingerprint density at radius 1 is 0.930 bits per heavy atom. The smallest absolute Gasteiger partial charge is 0.354 e. The van der Waals surface area contributed by atoms with Gasteiger partial charge in [0.05, 0.1) is 21.2 Å². The molecule has 0 saturated carbocycles. The van der Waals surface area contributed by atoms with Crippen LogP contribution in [-0.4, -0.2) is 44.3 Å². The third kappa shape index (κ3) is 8.87. The molecule has 3 aromatic rings. The van der Waals surface area contributed by atoms with Crippen molar-refractivity contribution in [2.75, 3.05) is 17.4 Å². The van der Waals surface area contributed by atoms with Gasteiger partial charge in [0.2, 0.25) is 11.8 Å². The van der Waals surface area contributed by atoms with Crippen LogP contribution in [0.15, 0.2) is 71.6 Å². The van der Waals surface area contributed by atoms with E-state index in [1.54, 1.807) is 31.2 Å². The second-order valence-corrected chi connectivity index (χ2v) is 13.2. The minimum Gasteiger partial charge on any atom is -0.354 e. The Hall–Kier alpha value is -3.28. The molecule has 1 N–H and O–H groups in total. The van der Waals surface area contributed by atoms with Crippen molar-refractivity contribution in [1.82, 2.24) is 10.2 Å². The zero-order valence-electron chi connectivity index (χ0n) is 24.0. The summed E-state index contributed by atoms with van der Waals surface area (Å²) < 4.78 is 69.6. The number of benzene rings is 3. The molecule has 43 heavy (non-hydrogen) atoms. The molecule has 3 rings (SSSR count). The second-order valence-electron chi connectivity index (χ2n) is 10.4. The molecule has 13 heteroatoms. The Kier molecular flexibility index (Phi) is 11.1. The van der Waals surface area contributed by atoms with Crippen molar-refractivity contribution < 1.29 is 31.2 Å². The van der Waals surface area contributed by atoms with E-state index in [0.717, 1.165) is 17.7 Å². The number of nitrogens with zero attached hydrogens (tertiary/aromatic N) is 2. The third-order valence-electron chi connectivity index (χ3n) is 6.55. The van der Waals surface area contributed by atoms with Crippen LogP contribution < -0.4 is 9.62 Å². The summed E-state index contributed by atoms with van der Waals surface area (Å²) in [7, 11) is -4.56. The van der Waals surface area contributed by atoms with E-state index in [4.69, 9.17) is 23.2 Å². The topological polar surface area (TPSA) is 86.8 Å². The van der Waals surface area contributed by atoms with E-state index >= 15 is 0 Å². The zero-order valence-corrected chi connectivity index (χ0v) is 26.3. The van der Waals surface area contributed by atoms with Crippen molar-refractivity contribution >= 4 is 50.7 Å². The number of rotatable bonds is 11. The van der Waals surface area contributed by atoms with Gasteiger partial charge in [0.1, 0.15) is 12.6 Å². The monoisotopic (exact) mass is 657 g/mol. The fourth-order valence-electron chi connectivity index (χ4n) is 4.07. The van der Waals surface area contributed by atoms with E-state index in [-0.39, 0.29) is 17.4 Å². The van der Waals surface area contributed by atoms with Crippen LogP contribution in [0.5, 0.6) is 0 Å². The first-order valence-corrected chi connectivity index (χ1v) is 15.5. The number of alkyl halides is 3. The molecule has 0 radical (unpaired) electrons. The van der Waals surface area contributed by atoms with E-state index in [2.05, 4.69) is 5.32 Å². The average Bonchev–Trinajstić information content (AvgIpc) is 2.93. The minimum atomic E-state index is -4.89. The fourth-order valence-corrected chi connectivity index (χ4v) is 5.83. The lowest BCUT2D eigenvalue weighted by atomic mass is 10.1. The number of carbonyl (C=O) groups is 2. The van der Waals surface area contributed by atoms with Crippen LogP contribution in [0, 0.1) is 12.8 Å². The van der Waals surface area contributed by atoms with Crippen LogP contribution in [0.25, 0.3) is 0 Å². The first-order chi connectivity index (χ1) is 20.0. The number of halogens is 5. The van der Waals surface area contributed by atoms with Crippen molar-refractivity contribution in [2.24, 2.45) is 5.92 Å². The number of carbonyl (C=O) groups excluding carboxylic acids is 2. The van der Waals surface area contributed by atoms with Crippen molar-refractivity contribution in [2.45, 2.75) is 51.4 Å². The highest BCUT2D eigenvalue weighted by molar-refractivity contribution is 7.92. The van der Waals surface area contributed by atoms with Gasteiger partial charge in [-0.25, -0.2) is 8.42 Å². The molecule has 7 nitrogen and oxygen atoms in total. The van der Waals surface area contributed by atoms with E-state index in [1.165, 1.54) is 36.1 Å². The maximum atomic E-state index is 13.9. The molecule has 0 heterocycles. The van der Waals surface area contributed by atoms with Gasteiger partial charge in [0, 0.05) is 18.1 Å². The predicted octanol–water partition coefficient (Wildman–Crippen LogP) is 6.71. The van der Waals surface area contributed by atoms with Gasteiger partial charge in [-0.1, -0.05) is 66.9 Å². The first-order valence-electron chi connectivity index (χ1n) is 13.3. The molecule has 3 aromatic carbocycles. The summed E-state index contributed by atoms with van der Waals surface area (Å²) >= 11 is 11.8. The van der Waals surface area contributed by atoms with Gasteiger partial charge >= 0.3 is 6.18 Å². The summed E-state index contributed by atoms with van der Waals surface area (Å²) in [5.41, 5.74) is -0.334. The van der Waals surface area contributed by atoms with Crippen LogP contribution in [0.3, 0.4) is 0 Å². The molecular formula is C30H32Cl2F3N3O4S. The number of amides is 2. The van der Waals surface area contributed by atoms with Crippen LogP contribution in [0.4, 0.5) is 18.9 Å². The molecule has 2 amide bonds. The maximum Gasteiger partial charge on any atom is 0.417 e. The number of hydrogen-bond donors (Lipinski definition) is 1. The summed E-state index contributed by atoms with van der Waals surface area (Å²) in [6.07, 6.45) is -4.89. The van der Waals surface area contributed by atoms with E-state index in [9.17, 15) is 31.2 Å². The third-order valence-corrected chi connectivity index (χ3v) is 8.92. The minimum absolute atomic E-state index is 0.0981. The molecule has 0 bridgehead atoms. The van der Waals surface area contributed by atoms with E-state index in [0.29, 0.717) is 27.5 Å². The number of anilines is 1. The Bertz CT molecular complexity index is 1550. The zero-order chi connectivity index (χ0) is 32.1. The summed E-state index contributed by atoms with van der Waals surface area (Å²) in [6.45, 7) is 6.38. The Balaban J connectivity index is 2.10. The average molecular weight is 659 g/mol. The number of nitrogens with one attached hydrogen (secondary N) is 1. The molecule has 232 valence electrons. The van der Waals surface area contributed by atoms with Crippen molar-refractivity contribution in [3.8, 4) is 0 Å². The maximum absolute atomic E-state index is 13.9. The summed E-state index contributed by atoms with van der Waals surface area (Å²) in [5.74, 6) is -1.17. The van der Waals surface area contributed by atoms with Crippen LogP contribution in [0.2, 0.25) is 10.0 Å². The van der Waals surface area contributed by atoms with E-state index in [1.807, 2.05) is 13.8 Å². The fraction of sp³-hybridized carbons (Fsp3) is 0.333. The van der Waals surface area contributed by atoms with Gasteiger partial charge in [-0.15, -0.1) is 0 Å². The van der Waals surface area contributed by atoms with Gasteiger partial charge in [-0.2, -0.15) is 13.2 Å². The highest BCUT2D eigenvalue weighted by Gasteiger charge is 2.37. The molecule has 0 aliphatic rings. The lowest BCUT2D eigenvalue weighted by Gasteiger charge is -2.32. The molecule has 0 spiro atoms. The normalized spacial score (nSPS) is 12.6. The van der Waals surface area contributed by atoms with Gasteiger partial charge in [-0.3, -0.25) is 13.9 Å². The molecule has 0 aromatic heterocycles. The lowest BCUT2D eigenvalue weighted by Crippen LogP contribution is -2.51. The van der Waals surface area contributed by atoms with Crippen LogP contribution in [0.1, 0.15) is 37.5 Å². The first kappa shape index (κ1) is 34.2. The van der Waals surface area contributed by atoms with Gasteiger partial charge in [0.25, 0.3) is 10.0 Å². The van der Waals surface area contributed by atoms with Crippen molar-refractivity contribution in [1.29, 1.82) is 0 Å². The van der Waals surface area contributed by atoms with Crippen LogP contribution in [-0.2, 0) is 32.3 Å². The molecule has 1 atom stereocenters. The molecule has 0 aliphatic heterocycles. The standard InChI is InChI=1S/C30H32Cl2F3N3O4S/c1-19(2)16-36-29(40)21(4)37(17-22-7-9-23(31)10-8-22)28(39)18-38(43(41,42)25-12-5-20(3)6-13-25)24-11-14-27(32)26(15-24)30(33,34)35/h5-15,19,21H,16-18H2,1-4H3,(H,36,40)/t21-/m0/s1. The molecule has 0 aliphatic carbocycles. The number of hydrogen-bond acceptors (Lipinski definition) is 4. The number of aryl methyl sites for hydroxylation is 1. The van der Waals surface area contributed by atoms with Crippen molar-refractivity contribution in [3.05, 3.63) is 93.5 Å². The SMILES string of the molecule is Cc1ccc(S(=O)(=O)N(CC(=O)N(Cc2ccc(Cl)cc2)[C@@H](C)C(=O)NCC(C)C)c2ccc(Cl)c(C(F)(F)F)c2)cc1. The summed E-state index contributed by atoms with van der Waals surface area (Å²) in [6, 6.07) is 13.7. The van der Waals surface area contributed by atoms with Crippen molar-refractivity contribution in [3.63, 3.8) is 0 Å². The lowest BCUT2D eigenvalue weighted by molar-refractivity contribution is -0.139. The molecule has 0 fully saturated rings. The Labute approximate surface area is 259 Å². The molecule has 0 saturated heterocycles. The molecule has 0 unspecified atom stereocenters. The number of sulfonamides is 1. The van der Waals surface area contributed by atoms with Crippen LogP contribution >= 0.6 is 23.2 Å². The van der Waals surface area contributed by atoms with Gasteiger partial charge in [-0.05, 0) is 67.8 Å². The predicted molar refractivity (Wildman–Crippen MR) is 161 cm³/mol. The quantitative estimate of drug-likeness (QED) is 0.248. The summed E-state index contributed by atoms with van der Waals surface area (Å²) in [5, 5.41) is 2.58. The Morgan fingerprint density at radius 3 is 2.09 bits per heavy atom. The highest BCUT2D eigenvalue weighted by Crippen LogP contribution is 2.38. The largest absolute Gasteiger partial charge is 0.417 e. The van der Waals surface area contributed by atoms with Gasteiger partial charge in [0.15, 0.2) is 0 Å². The molecular weight excluding hydrogens is 626 g/mol. The Morgan fingerprint density at radius 2 is 1.53 bits per heavy atom. The van der Waals surface area contributed by atoms with E-state index < -0.39 is 56.9 Å². The summed E-state index contributed by atoms with van der Waals surface area (Å²) in [4.78, 5) is 27.9.